The summed E-state index contributed by atoms with van der Waals surface area (Å²) in [6, 6.07) is 7.11. The maximum absolute atomic E-state index is 11.6. The smallest absolute Gasteiger partial charge is 0.242 e. The highest BCUT2D eigenvalue weighted by atomic mass is 16.5. The molecule has 110 valence electrons. The zero-order chi connectivity index (χ0) is 15.0. The number of amides is 2. The van der Waals surface area contributed by atoms with Crippen molar-refractivity contribution in [3.63, 3.8) is 0 Å². The predicted octanol–water partition coefficient (Wildman–Crippen LogP) is 1.40. The summed E-state index contributed by atoms with van der Waals surface area (Å²) in [5.74, 6) is 0.358. The minimum absolute atomic E-state index is 0.180. The molecule has 0 saturated carbocycles. The van der Waals surface area contributed by atoms with Crippen LogP contribution in [-0.2, 0) is 9.59 Å². The highest BCUT2D eigenvalue weighted by Crippen LogP contribution is 2.11. The molecule has 0 spiro atoms. The summed E-state index contributed by atoms with van der Waals surface area (Å²) in [6.45, 7) is 6.33. The van der Waals surface area contributed by atoms with Crippen LogP contribution in [0.2, 0.25) is 0 Å². The molecule has 5 nitrogen and oxygen atoms in total. The number of aryl methyl sites for hydroxylation is 1. The van der Waals surface area contributed by atoms with Gasteiger partial charge in [0.25, 0.3) is 0 Å². The summed E-state index contributed by atoms with van der Waals surface area (Å²) in [5.41, 5.74) is 1.16. The number of benzene rings is 1. The third-order valence-electron chi connectivity index (χ3n) is 2.74. The van der Waals surface area contributed by atoms with Crippen LogP contribution < -0.4 is 15.4 Å². The molecular formula is C15H22N2O3. The number of nitrogens with one attached hydrogen (secondary N) is 2. The number of rotatable bonds is 7. The van der Waals surface area contributed by atoms with Crippen molar-refractivity contribution in [3.8, 4) is 5.75 Å². The molecule has 0 aliphatic carbocycles. The van der Waals surface area contributed by atoms with Crippen LogP contribution in [0.25, 0.3) is 0 Å². The Labute approximate surface area is 119 Å². The summed E-state index contributed by atoms with van der Waals surface area (Å²) in [4.78, 5) is 23.1. The zero-order valence-corrected chi connectivity index (χ0v) is 12.2. The lowest BCUT2D eigenvalue weighted by Crippen LogP contribution is -2.45. The van der Waals surface area contributed by atoms with E-state index < -0.39 is 6.04 Å². The topological polar surface area (TPSA) is 67.4 Å². The second-order valence-electron chi connectivity index (χ2n) is 4.60. The summed E-state index contributed by atoms with van der Waals surface area (Å²) < 4.78 is 5.46. The summed E-state index contributed by atoms with van der Waals surface area (Å²) in [5, 5.41) is 5.28. The van der Waals surface area contributed by atoms with Gasteiger partial charge in [0.1, 0.15) is 11.8 Å². The SMILES string of the molecule is CCNC(=O)[C@@H](C)NC(=O)CCOc1ccc(C)cc1. The minimum atomic E-state index is -0.526. The Hall–Kier alpha value is -2.04. The molecule has 0 aliphatic rings. The normalized spacial score (nSPS) is 11.6. The molecule has 1 aromatic rings. The van der Waals surface area contributed by atoms with E-state index in [4.69, 9.17) is 4.74 Å². The van der Waals surface area contributed by atoms with Gasteiger partial charge in [-0.1, -0.05) is 17.7 Å². The van der Waals surface area contributed by atoms with Crippen molar-refractivity contribution in [1.82, 2.24) is 10.6 Å². The van der Waals surface area contributed by atoms with Gasteiger partial charge in [-0.3, -0.25) is 9.59 Å². The second-order valence-corrected chi connectivity index (χ2v) is 4.60. The molecule has 2 N–H and O–H groups in total. The van der Waals surface area contributed by atoms with E-state index in [9.17, 15) is 9.59 Å². The second kappa shape index (κ2) is 8.19. The van der Waals surface area contributed by atoms with Crippen LogP contribution in [0.4, 0.5) is 0 Å². The zero-order valence-electron chi connectivity index (χ0n) is 12.2. The minimum Gasteiger partial charge on any atom is -0.493 e. The standard InChI is InChI=1S/C15H22N2O3/c1-4-16-15(19)12(3)17-14(18)9-10-20-13-7-5-11(2)6-8-13/h5-8,12H,4,9-10H2,1-3H3,(H,16,19)(H,17,18)/t12-/m1/s1. The maximum atomic E-state index is 11.6. The first-order chi connectivity index (χ1) is 9.52. The van der Waals surface area contributed by atoms with E-state index in [1.807, 2.05) is 38.1 Å². The molecule has 20 heavy (non-hydrogen) atoms. The molecule has 0 aliphatic heterocycles. The molecule has 0 aromatic heterocycles. The number of hydrogen-bond donors (Lipinski definition) is 2. The van der Waals surface area contributed by atoms with Gasteiger partial charge in [0.2, 0.25) is 11.8 Å². The molecule has 0 heterocycles. The molecule has 1 rings (SSSR count). The highest BCUT2D eigenvalue weighted by Gasteiger charge is 2.14. The fraction of sp³-hybridized carbons (Fsp3) is 0.467. The first-order valence-electron chi connectivity index (χ1n) is 6.79. The van der Waals surface area contributed by atoms with Gasteiger partial charge in [0.15, 0.2) is 0 Å². The van der Waals surface area contributed by atoms with E-state index in [-0.39, 0.29) is 24.8 Å². The van der Waals surface area contributed by atoms with Crippen molar-refractivity contribution in [1.29, 1.82) is 0 Å². The van der Waals surface area contributed by atoms with Crippen LogP contribution in [0.15, 0.2) is 24.3 Å². The van der Waals surface area contributed by atoms with E-state index >= 15 is 0 Å². The monoisotopic (exact) mass is 278 g/mol. The van der Waals surface area contributed by atoms with Crippen LogP contribution in [-0.4, -0.2) is 31.0 Å². The van der Waals surface area contributed by atoms with Gasteiger partial charge in [-0.2, -0.15) is 0 Å². The Morgan fingerprint density at radius 1 is 1.25 bits per heavy atom. The van der Waals surface area contributed by atoms with Crippen LogP contribution in [0, 0.1) is 6.92 Å². The molecule has 0 saturated heterocycles. The van der Waals surface area contributed by atoms with E-state index in [1.54, 1.807) is 6.92 Å². The highest BCUT2D eigenvalue weighted by molar-refractivity contribution is 5.87. The van der Waals surface area contributed by atoms with Crippen molar-refractivity contribution in [3.05, 3.63) is 29.8 Å². The average Bonchev–Trinajstić information content (AvgIpc) is 2.41. The van der Waals surface area contributed by atoms with Crippen LogP contribution in [0.1, 0.15) is 25.8 Å². The van der Waals surface area contributed by atoms with E-state index in [2.05, 4.69) is 10.6 Å². The van der Waals surface area contributed by atoms with Gasteiger partial charge < -0.3 is 15.4 Å². The van der Waals surface area contributed by atoms with Crippen molar-refractivity contribution < 1.29 is 14.3 Å². The van der Waals surface area contributed by atoms with Gasteiger partial charge in [-0.25, -0.2) is 0 Å². The third-order valence-corrected chi connectivity index (χ3v) is 2.74. The van der Waals surface area contributed by atoms with Gasteiger partial charge in [0, 0.05) is 6.54 Å². The number of ether oxygens (including phenoxy) is 1. The molecule has 0 radical (unpaired) electrons. The Morgan fingerprint density at radius 3 is 2.50 bits per heavy atom. The maximum Gasteiger partial charge on any atom is 0.242 e. The lowest BCUT2D eigenvalue weighted by Gasteiger charge is -2.13. The number of likely N-dealkylation sites (N-methyl/N-ethyl adjacent to an activating group) is 1. The number of carbonyl (C=O) groups excluding carboxylic acids is 2. The molecule has 1 atom stereocenters. The van der Waals surface area contributed by atoms with Crippen LogP contribution >= 0.6 is 0 Å². The van der Waals surface area contributed by atoms with Gasteiger partial charge in [-0.05, 0) is 32.9 Å². The molecule has 0 fully saturated rings. The Balaban J connectivity index is 2.26. The molecule has 0 unspecified atom stereocenters. The quantitative estimate of drug-likeness (QED) is 0.792. The van der Waals surface area contributed by atoms with Crippen LogP contribution in [0.3, 0.4) is 0 Å². The first-order valence-corrected chi connectivity index (χ1v) is 6.79. The molecule has 2 amide bonds. The first kappa shape index (κ1) is 16.0. The summed E-state index contributed by atoms with van der Waals surface area (Å²) in [7, 11) is 0. The van der Waals surface area contributed by atoms with Crippen molar-refractivity contribution >= 4 is 11.8 Å². The lowest BCUT2D eigenvalue weighted by molar-refractivity contribution is -0.128. The lowest BCUT2D eigenvalue weighted by atomic mass is 10.2. The summed E-state index contributed by atoms with van der Waals surface area (Å²) >= 11 is 0. The third kappa shape index (κ3) is 5.73. The fourth-order valence-corrected chi connectivity index (χ4v) is 1.60. The average molecular weight is 278 g/mol. The van der Waals surface area contributed by atoms with Gasteiger partial charge in [-0.15, -0.1) is 0 Å². The summed E-state index contributed by atoms with van der Waals surface area (Å²) in [6.07, 6.45) is 0.220. The largest absolute Gasteiger partial charge is 0.493 e. The number of carbonyl (C=O) groups is 2. The Kier molecular flexibility index (Phi) is 6.56. The van der Waals surface area contributed by atoms with Crippen LogP contribution in [0.5, 0.6) is 5.75 Å². The Morgan fingerprint density at radius 2 is 1.90 bits per heavy atom. The molecule has 1 aromatic carbocycles. The fourth-order valence-electron chi connectivity index (χ4n) is 1.60. The van der Waals surface area contributed by atoms with Crippen molar-refractivity contribution in [2.45, 2.75) is 33.2 Å². The van der Waals surface area contributed by atoms with E-state index in [1.165, 1.54) is 0 Å². The van der Waals surface area contributed by atoms with Crippen molar-refractivity contribution in [2.75, 3.05) is 13.2 Å². The van der Waals surface area contributed by atoms with E-state index in [0.717, 1.165) is 11.3 Å². The van der Waals surface area contributed by atoms with Gasteiger partial charge in [0.05, 0.1) is 13.0 Å². The molecule has 5 heteroatoms. The Bertz CT molecular complexity index is 443. The molecule has 0 bridgehead atoms. The predicted molar refractivity (Wildman–Crippen MR) is 77.6 cm³/mol. The molecular weight excluding hydrogens is 256 g/mol. The number of hydrogen-bond acceptors (Lipinski definition) is 3. The van der Waals surface area contributed by atoms with Gasteiger partial charge >= 0.3 is 0 Å². The van der Waals surface area contributed by atoms with Crippen molar-refractivity contribution in [2.24, 2.45) is 0 Å². The van der Waals surface area contributed by atoms with E-state index in [0.29, 0.717) is 6.54 Å².